The minimum Gasteiger partial charge on any atom is -0.115 e. The van der Waals surface area contributed by atoms with Crippen molar-refractivity contribution in [2.45, 2.75) is 6.92 Å². The molecule has 0 aliphatic heterocycles. The van der Waals surface area contributed by atoms with Crippen LogP contribution in [0.3, 0.4) is 0 Å². The van der Waals surface area contributed by atoms with Gasteiger partial charge >= 0.3 is 0 Å². The lowest BCUT2D eigenvalue weighted by atomic mass is 10.1. The smallest absolute Gasteiger partial charge is 0.0283 e. The Kier molecular flexibility index (Phi) is 2.13. The zero-order valence-corrected chi connectivity index (χ0v) is 7.27. The van der Waals surface area contributed by atoms with Crippen LogP contribution < -0.4 is 0 Å². The van der Waals surface area contributed by atoms with Crippen molar-refractivity contribution in [2.24, 2.45) is 0 Å². The third kappa shape index (κ3) is 1.22. The predicted molar refractivity (Wildman–Crippen MR) is 46.8 cm³/mol. The predicted octanol–water partition coefficient (Wildman–Crippen LogP) is 2.74. The highest BCUT2D eigenvalue weighted by Gasteiger charge is 1.96. The lowest BCUT2D eigenvalue weighted by Gasteiger charge is -1.98. The third-order valence-corrected chi connectivity index (χ3v) is 2.28. The zero-order valence-electron chi connectivity index (χ0n) is 5.69. The van der Waals surface area contributed by atoms with E-state index in [4.69, 9.17) is 6.42 Å². The topological polar surface area (TPSA) is 0 Å². The molecule has 0 unspecified atom stereocenters. The van der Waals surface area contributed by atoms with Gasteiger partial charge in [0.15, 0.2) is 0 Å². The highest BCUT2D eigenvalue weighted by atomic mass is 79.9. The molecule has 0 aliphatic carbocycles. The van der Waals surface area contributed by atoms with Gasteiger partial charge in [0.1, 0.15) is 0 Å². The van der Waals surface area contributed by atoms with Gasteiger partial charge in [0.05, 0.1) is 0 Å². The number of terminal acetylenes is 1. The normalized spacial score (nSPS) is 8.90. The molecule has 1 aromatic carbocycles. The zero-order chi connectivity index (χ0) is 7.56. The molecule has 0 amide bonds. The Bertz CT molecular complexity index is 281. The minimum absolute atomic E-state index is 0.953. The first-order valence-electron chi connectivity index (χ1n) is 2.97. The van der Waals surface area contributed by atoms with Gasteiger partial charge in [-0.05, 0) is 24.6 Å². The van der Waals surface area contributed by atoms with Crippen molar-refractivity contribution in [1.82, 2.24) is 0 Å². The van der Waals surface area contributed by atoms with Crippen LogP contribution >= 0.6 is 15.9 Å². The van der Waals surface area contributed by atoms with Crippen molar-refractivity contribution in [2.75, 3.05) is 0 Å². The maximum atomic E-state index is 5.25. The molecule has 1 heteroatoms. The SMILES string of the molecule is C#Cc1cccc(Br)c1C. The lowest BCUT2D eigenvalue weighted by Crippen LogP contribution is -1.81. The summed E-state index contributed by atoms with van der Waals surface area (Å²) in [7, 11) is 0. The van der Waals surface area contributed by atoms with Gasteiger partial charge in [-0.15, -0.1) is 6.42 Å². The van der Waals surface area contributed by atoms with Crippen LogP contribution in [0.15, 0.2) is 22.7 Å². The van der Waals surface area contributed by atoms with Crippen molar-refractivity contribution in [3.8, 4) is 12.3 Å². The third-order valence-electron chi connectivity index (χ3n) is 1.42. The van der Waals surface area contributed by atoms with Crippen LogP contribution in [0.5, 0.6) is 0 Å². The molecule has 0 fully saturated rings. The summed E-state index contributed by atoms with van der Waals surface area (Å²) < 4.78 is 1.07. The van der Waals surface area contributed by atoms with Crippen molar-refractivity contribution in [3.05, 3.63) is 33.8 Å². The summed E-state index contributed by atoms with van der Waals surface area (Å²) in [4.78, 5) is 0. The van der Waals surface area contributed by atoms with E-state index in [1.807, 2.05) is 25.1 Å². The molecule has 0 spiro atoms. The summed E-state index contributed by atoms with van der Waals surface area (Å²) in [6, 6.07) is 5.85. The fourth-order valence-electron chi connectivity index (χ4n) is 0.764. The maximum Gasteiger partial charge on any atom is 0.0283 e. The number of halogens is 1. The molecule has 0 nitrogen and oxygen atoms in total. The van der Waals surface area contributed by atoms with Crippen molar-refractivity contribution >= 4 is 15.9 Å². The van der Waals surface area contributed by atoms with Crippen LogP contribution in [0.1, 0.15) is 11.1 Å². The van der Waals surface area contributed by atoms with Gasteiger partial charge < -0.3 is 0 Å². The van der Waals surface area contributed by atoms with Gasteiger partial charge in [-0.3, -0.25) is 0 Å². The van der Waals surface area contributed by atoms with Gasteiger partial charge in [0.25, 0.3) is 0 Å². The van der Waals surface area contributed by atoms with Crippen molar-refractivity contribution < 1.29 is 0 Å². The average Bonchev–Trinajstić information content (AvgIpc) is 1.95. The van der Waals surface area contributed by atoms with E-state index in [1.165, 1.54) is 0 Å². The number of hydrogen-bond donors (Lipinski definition) is 0. The Balaban J connectivity index is 3.31. The highest BCUT2D eigenvalue weighted by molar-refractivity contribution is 9.10. The van der Waals surface area contributed by atoms with E-state index in [9.17, 15) is 0 Å². The maximum absolute atomic E-state index is 5.25. The largest absolute Gasteiger partial charge is 0.115 e. The van der Waals surface area contributed by atoms with E-state index in [0.717, 1.165) is 15.6 Å². The van der Waals surface area contributed by atoms with Gasteiger partial charge in [-0.2, -0.15) is 0 Å². The second-order valence-corrected chi connectivity index (χ2v) is 2.91. The molecule has 0 saturated carbocycles. The Morgan fingerprint density at radius 2 is 2.20 bits per heavy atom. The molecule has 0 saturated heterocycles. The first-order chi connectivity index (χ1) is 4.75. The Hall–Kier alpha value is -0.740. The molecule has 50 valence electrons. The fourth-order valence-corrected chi connectivity index (χ4v) is 1.13. The second-order valence-electron chi connectivity index (χ2n) is 2.06. The minimum atomic E-state index is 0.953. The highest BCUT2D eigenvalue weighted by Crippen LogP contribution is 2.17. The summed E-state index contributed by atoms with van der Waals surface area (Å²) in [5.74, 6) is 2.61. The van der Waals surface area contributed by atoms with Crippen LogP contribution in [0.4, 0.5) is 0 Å². The monoisotopic (exact) mass is 194 g/mol. The molecule has 0 bridgehead atoms. The Morgan fingerprint density at radius 1 is 1.50 bits per heavy atom. The first-order valence-corrected chi connectivity index (χ1v) is 3.76. The molecule has 1 aromatic rings. The number of benzene rings is 1. The quantitative estimate of drug-likeness (QED) is 0.558. The first kappa shape index (κ1) is 7.37. The molecule has 0 radical (unpaired) electrons. The molecule has 10 heavy (non-hydrogen) atoms. The van der Waals surface area contributed by atoms with Crippen LogP contribution in [0.25, 0.3) is 0 Å². The van der Waals surface area contributed by atoms with Crippen LogP contribution in [-0.2, 0) is 0 Å². The van der Waals surface area contributed by atoms with E-state index in [2.05, 4.69) is 21.9 Å². The van der Waals surface area contributed by atoms with Gasteiger partial charge in [-0.25, -0.2) is 0 Å². The summed E-state index contributed by atoms with van der Waals surface area (Å²) in [6.45, 7) is 2.00. The van der Waals surface area contributed by atoms with Gasteiger partial charge in [-0.1, -0.05) is 27.9 Å². The van der Waals surface area contributed by atoms with Gasteiger partial charge in [0.2, 0.25) is 0 Å². The van der Waals surface area contributed by atoms with E-state index in [1.54, 1.807) is 0 Å². The summed E-state index contributed by atoms with van der Waals surface area (Å²) in [5, 5.41) is 0. The van der Waals surface area contributed by atoms with Crippen LogP contribution in [-0.4, -0.2) is 0 Å². The molecule has 0 aromatic heterocycles. The number of hydrogen-bond acceptors (Lipinski definition) is 0. The molecule has 0 heterocycles. The van der Waals surface area contributed by atoms with Crippen LogP contribution in [0.2, 0.25) is 0 Å². The fraction of sp³-hybridized carbons (Fsp3) is 0.111. The summed E-state index contributed by atoms with van der Waals surface area (Å²) in [5.41, 5.74) is 2.08. The lowest BCUT2D eigenvalue weighted by molar-refractivity contribution is 1.40. The summed E-state index contributed by atoms with van der Waals surface area (Å²) in [6.07, 6.45) is 5.25. The Labute approximate surface area is 69.4 Å². The molecule has 1 rings (SSSR count). The van der Waals surface area contributed by atoms with E-state index >= 15 is 0 Å². The number of rotatable bonds is 0. The van der Waals surface area contributed by atoms with Gasteiger partial charge in [0, 0.05) is 10.0 Å². The van der Waals surface area contributed by atoms with E-state index < -0.39 is 0 Å². The molecular weight excluding hydrogens is 188 g/mol. The average molecular weight is 195 g/mol. The van der Waals surface area contributed by atoms with E-state index in [0.29, 0.717) is 0 Å². The molecule has 0 aliphatic rings. The van der Waals surface area contributed by atoms with E-state index in [-0.39, 0.29) is 0 Å². The van der Waals surface area contributed by atoms with Crippen molar-refractivity contribution in [1.29, 1.82) is 0 Å². The molecule has 0 atom stereocenters. The Morgan fingerprint density at radius 3 is 2.70 bits per heavy atom. The molecular formula is C9H7Br. The van der Waals surface area contributed by atoms with Crippen LogP contribution in [0, 0.1) is 19.3 Å². The standard InChI is InChI=1S/C9H7Br/c1-3-8-5-4-6-9(10)7(8)2/h1,4-6H,2H3. The second kappa shape index (κ2) is 2.90. The molecule has 0 N–H and O–H groups in total. The van der Waals surface area contributed by atoms with Crippen molar-refractivity contribution in [3.63, 3.8) is 0 Å². The summed E-state index contributed by atoms with van der Waals surface area (Å²) >= 11 is 3.39.